The number of carbonyl (C=O) groups excluding carboxylic acids is 2. The van der Waals surface area contributed by atoms with Gasteiger partial charge in [-0.25, -0.2) is 19.4 Å². The predicted octanol–water partition coefficient (Wildman–Crippen LogP) is 17.8. The molecule has 17 heteroatoms. The third-order valence-corrected chi connectivity index (χ3v) is 14.2. The van der Waals surface area contributed by atoms with Crippen LogP contribution in [0, 0.1) is 0 Å². The van der Waals surface area contributed by atoms with Crippen LogP contribution < -0.4 is 14.2 Å². The summed E-state index contributed by atoms with van der Waals surface area (Å²) in [7, 11) is 0. The zero-order chi connectivity index (χ0) is 65.8. The zero-order valence-corrected chi connectivity index (χ0v) is 54.7. The molecule has 0 saturated carbocycles. The Morgan fingerprint density at radius 3 is 1.57 bits per heavy atom. The Labute approximate surface area is 548 Å². The van der Waals surface area contributed by atoms with Crippen LogP contribution in [-0.4, -0.2) is 84.6 Å². The van der Waals surface area contributed by atoms with Crippen molar-refractivity contribution in [2.75, 3.05) is 72.7 Å². The van der Waals surface area contributed by atoms with Gasteiger partial charge in [0, 0.05) is 24.3 Å². The minimum Gasteiger partial charge on any atom is -0.502 e. The van der Waals surface area contributed by atoms with Crippen molar-refractivity contribution in [1.82, 2.24) is 0 Å². The summed E-state index contributed by atoms with van der Waals surface area (Å²) in [6.07, 6.45) is 39.1. The molecular formula is C75H104O17. The number of esters is 1. The fraction of sp³-hybridized carbons (Fsp3) is 0.493. The lowest BCUT2D eigenvalue weighted by atomic mass is 9.88. The lowest BCUT2D eigenvalue weighted by molar-refractivity contribution is -0.490. The monoisotopic (exact) mass is 1280 g/mol. The SMILES string of the molecule is C=C=COOCCCCCCOc1c(OCCCCCCOOCC=C)ccc(/C=C/c2ccc(/C=C/c3ccc(COCCCCCOC=C)c(CCCCCCOOC(=O)C=C)c3CCCCCCOOOC=C=C)cc2)c1OCCCCCCOC(=O)C=C. The molecule has 0 N–H and O–H groups in total. The smallest absolute Gasteiger partial charge is 0.365 e. The molecule has 0 saturated heterocycles. The summed E-state index contributed by atoms with van der Waals surface area (Å²) in [4.78, 5) is 63.0. The maximum absolute atomic E-state index is 11.6. The lowest BCUT2D eigenvalue weighted by Gasteiger charge is -2.19. The molecule has 0 aromatic heterocycles. The Kier molecular flexibility index (Phi) is 48.3. The Hall–Kier alpha value is -7.40. The Bertz CT molecular complexity index is 2630. The molecule has 17 nitrogen and oxygen atoms in total. The highest BCUT2D eigenvalue weighted by atomic mass is 17.5. The van der Waals surface area contributed by atoms with Gasteiger partial charge in [0.25, 0.3) is 0 Å². The molecule has 0 bridgehead atoms. The maximum Gasteiger partial charge on any atom is 0.365 e. The molecule has 0 aliphatic heterocycles. The van der Waals surface area contributed by atoms with Crippen LogP contribution in [0.2, 0.25) is 0 Å². The molecule has 92 heavy (non-hydrogen) atoms. The normalized spacial score (nSPS) is 11.0. The molecule has 0 spiro atoms. The summed E-state index contributed by atoms with van der Waals surface area (Å²) in [6, 6.07) is 17.0. The van der Waals surface area contributed by atoms with Crippen molar-refractivity contribution in [3.63, 3.8) is 0 Å². The Morgan fingerprint density at radius 2 is 0.935 bits per heavy atom. The van der Waals surface area contributed by atoms with Gasteiger partial charge in [0.05, 0.1) is 72.3 Å². The second-order valence-corrected chi connectivity index (χ2v) is 21.4. The number of benzene rings is 3. The van der Waals surface area contributed by atoms with Crippen LogP contribution in [0.5, 0.6) is 17.2 Å². The van der Waals surface area contributed by atoms with Crippen molar-refractivity contribution in [2.45, 2.75) is 167 Å². The molecule has 0 radical (unpaired) electrons. The summed E-state index contributed by atoms with van der Waals surface area (Å²) in [5.74, 6) is 0.814. The molecule has 3 aromatic carbocycles. The van der Waals surface area contributed by atoms with Crippen LogP contribution in [0.25, 0.3) is 24.3 Å². The van der Waals surface area contributed by atoms with E-state index in [0.29, 0.717) is 96.5 Å². The molecule has 0 aliphatic carbocycles. The fourth-order valence-corrected chi connectivity index (χ4v) is 9.38. The van der Waals surface area contributed by atoms with E-state index in [4.69, 9.17) is 72.6 Å². The van der Waals surface area contributed by atoms with Gasteiger partial charge in [0.1, 0.15) is 6.61 Å². The van der Waals surface area contributed by atoms with Gasteiger partial charge in [0.15, 0.2) is 24.0 Å². The largest absolute Gasteiger partial charge is 0.502 e. The van der Waals surface area contributed by atoms with Gasteiger partial charge in [-0.05, 0) is 173 Å². The highest BCUT2D eigenvalue weighted by Crippen LogP contribution is 2.42. The van der Waals surface area contributed by atoms with E-state index in [2.05, 4.69) is 112 Å². The van der Waals surface area contributed by atoms with E-state index in [-0.39, 0.29) is 0 Å². The van der Waals surface area contributed by atoms with Crippen LogP contribution in [-0.2, 0) is 87.4 Å². The molecule has 0 amide bonds. The molecule has 3 aromatic rings. The highest BCUT2D eigenvalue weighted by Gasteiger charge is 2.19. The van der Waals surface area contributed by atoms with E-state index in [9.17, 15) is 9.59 Å². The fourth-order valence-electron chi connectivity index (χ4n) is 9.38. The Morgan fingerprint density at radius 1 is 0.424 bits per heavy atom. The van der Waals surface area contributed by atoms with Crippen molar-refractivity contribution < 1.29 is 82.1 Å². The van der Waals surface area contributed by atoms with E-state index in [1.807, 2.05) is 12.1 Å². The molecular weight excluding hydrogens is 1170 g/mol. The van der Waals surface area contributed by atoms with Crippen molar-refractivity contribution in [2.24, 2.45) is 0 Å². The average molecular weight is 1280 g/mol. The average Bonchev–Trinajstić information content (AvgIpc) is 1.56. The van der Waals surface area contributed by atoms with E-state index in [0.717, 1.165) is 183 Å². The summed E-state index contributed by atoms with van der Waals surface area (Å²) >= 11 is 0. The van der Waals surface area contributed by atoms with Gasteiger partial charge >= 0.3 is 11.9 Å². The molecule has 0 unspecified atom stereocenters. The molecule has 0 aliphatic rings. The molecule has 3 rings (SSSR count). The lowest BCUT2D eigenvalue weighted by Crippen LogP contribution is -2.07. The highest BCUT2D eigenvalue weighted by molar-refractivity contribution is 5.81. The van der Waals surface area contributed by atoms with Gasteiger partial charge in [-0.2, -0.15) is 14.7 Å². The maximum atomic E-state index is 11.6. The molecule has 0 atom stereocenters. The van der Waals surface area contributed by atoms with Gasteiger partial charge in [0.2, 0.25) is 5.75 Å². The van der Waals surface area contributed by atoms with Gasteiger partial charge in [-0.3, -0.25) is 4.89 Å². The number of rotatable bonds is 62. The zero-order valence-electron chi connectivity index (χ0n) is 54.7. The minimum atomic E-state index is -0.602. The summed E-state index contributed by atoms with van der Waals surface area (Å²) in [5.41, 5.74) is 13.0. The van der Waals surface area contributed by atoms with E-state index in [1.165, 1.54) is 47.1 Å². The van der Waals surface area contributed by atoms with Crippen molar-refractivity contribution in [3.8, 4) is 17.2 Å². The van der Waals surface area contributed by atoms with Crippen LogP contribution in [0.3, 0.4) is 0 Å². The number of hydrogen-bond acceptors (Lipinski definition) is 17. The number of carbonyl (C=O) groups is 2. The van der Waals surface area contributed by atoms with Gasteiger partial charge < -0.3 is 38.2 Å². The number of unbranched alkanes of at least 4 members (excludes halogenated alkanes) is 17. The standard InChI is InChI=1S/C75H104O17/c1-7-50-84-86-59-32-21-19-28-55-80-71-49-48-67(74(82-57-30-18-17-29-56-81-72(76)10-4)75(71)83-58-31-20-22-33-60-87-85-51-8-2)45-43-65-40-38-64(39-41-65)42-44-66-46-47-68(63-79-54-27-23-26-53-78-12-6)70(37-25-13-15-34-61-88-91-73(77)11-5)69(66)36-24-14-16-35-62-90-92-89-52-9-3/h7,10-12,38-49,51-52H,1-6,13-37,50,53-63H2/b44-42+,45-43+. The third kappa shape index (κ3) is 39.1. The first kappa shape index (κ1) is 78.8. The first-order valence-electron chi connectivity index (χ1n) is 32.9. The van der Waals surface area contributed by atoms with Crippen LogP contribution >= 0.6 is 0 Å². The number of hydrogen-bond donors (Lipinski definition) is 0. The topological polar surface area (TPSA) is 173 Å². The van der Waals surface area contributed by atoms with E-state index >= 15 is 0 Å². The number of ether oxygens (including phenoxy) is 6. The van der Waals surface area contributed by atoms with Crippen molar-refractivity contribution in [3.05, 3.63) is 175 Å². The Balaban J connectivity index is 1.93. The second kappa shape index (κ2) is 56.4. The van der Waals surface area contributed by atoms with Crippen LogP contribution in [0.4, 0.5) is 0 Å². The summed E-state index contributed by atoms with van der Waals surface area (Å²) < 4.78 is 36.7. The summed E-state index contributed by atoms with van der Waals surface area (Å²) in [5, 5.41) is 4.70. The second-order valence-electron chi connectivity index (χ2n) is 21.4. The molecule has 0 heterocycles. The molecule has 0 fully saturated rings. The van der Waals surface area contributed by atoms with Gasteiger partial charge in [-0.1, -0.05) is 150 Å². The van der Waals surface area contributed by atoms with E-state index < -0.39 is 11.9 Å². The predicted molar refractivity (Wildman–Crippen MR) is 361 cm³/mol. The first-order valence-corrected chi connectivity index (χ1v) is 32.9. The summed E-state index contributed by atoms with van der Waals surface area (Å²) in [6.45, 7) is 26.8. The first-order chi connectivity index (χ1) is 45.4. The van der Waals surface area contributed by atoms with Gasteiger partial charge in [-0.15, -0.1) is 6.58 Å². The van der Waals surface area contributed by atoms with Crippen LogP contribution in [0.15, 0.2) is 136 Å². The van der Waals surface area contributed by atoms with Crippen molar-refractivity contribution >= 4 is 36.2 Å². The molecule has 506 valence electrons. The third-order valence-electron chi connectivity index (χ3n) is 14.2. The van der Waals surface area contributed by atoms with Crippen LogP contribution in [0.1, 0.15) is 187 Å². The van der Waals surface area contributed by atoms with E-state index in [1.54, 1.807) is 6.08 Å². The minimum absolute atomic E-state index is 0.328. The van der Waals surface area contributed by atoms with Crippen molar-refractivity contribution in [1.29, 1.82) is 0 Å². The quantitative estimate of drug-likeness (QED) is 0.00600.